The maximum atomic E-state index is 12.4. The first kappa shape index (κ1) is 20.7. The third-order valence-corrected chi connectivity index (χ3v) is 6.23. The molecule has 0 bridgehead atoms. The Kier molecular flexibility index (Phi) is 6.43. The SMILES string of the molecule is CCCC1CCc2c(sc(NC(=O)/C=C/c3cccc([N+](=O)[O-])c3)c2C(N)=O)C1. The van der Waals surface area contributed by atoms with Crippen LogP contribution in [0.25, 0.3) is 6.08 Å². The molecule has 1 unspecified atom stereocenters. The normalized spacial score (nSPS) is 15.8. The highest BCUT2D eigenvalue weighted by molar-refractivity contribution is 7.17. The van der Waals surface area contributed by atoms with Crippen molar-refractivity contribution in [2.75, 3.05) is 5.32 Å². The van der Waals surface area contributed by atoms with Crippen molar-refractivity contribution >= 4 is 39.9 Å². The van der Waals surface area contributed by atoms with Gasteiger partial charge in [0, 0.05) is 23.1 Å². The van der Waals surface area contributed by atoms with E-state index in [0.29, 0.717) is 22.0 Å². The predicted molar refractivity (Wildman–Crippen MR) is 114 cm³/mol. The molecule has 1 aliphatic rings. The van der Waals surface area contributed by atoms with Gasteiger partial charge in [0.05, 0.1) is 10.5 Å². The maximum absolute atomic E-state index is 12.4. The lowest BCUT2D eigenvalue weighted by atomic mass is 9.84. The fraction of sp³-hybridized carbons (Fsp3) is 0.333. The summed E-state index contributed by atoms with van der Waals surface area (Å²) in [5.41, 5.74) is 7.47. The summed E-state index contributed by atoms with van der Waals surface area (Å²) >= 11 is 1.42. The van der Waals surface area contributed by atoms with Crippen molar-refractivity contribution in [3.05, 3.63) is 62.0 Å². The second-order valence-electron chi connectivity index (χ2n) is 7.14. The van der Waals surface area contributed by atoms with Crippen LogP contribution in [0.2, 0.25) is 0 Å². The van der Waals surface area contributed by atoms with E-state index in [9.17, 15) is 19.7 Å². The van der Waals surface area contributed by atoms with Crippen LogP contribution >= 0.6 is 11.3 Å². The second kappa shape index (κ2) is 9.00. The van der Waals surface area contributed by atoms with E-state index < -0.39 is 16.7 Å². The molecule has 0 fully saturated rings. The molecule has 1 aromatic carbocycles. The molecule has 0 aliphatic heterocycles. The van der Waals surface area contributed by atoms with E-state index in [1.807, 2.05) is 0 Å². The van der Waals surface area contributed by atoms with Crippen molar-refractivity contribution in [1.29, 1.82) is 0 Å². The van der Waals surface area contributed by atoms with Crippen LogP contribution in [0.5, 0.6) is 0 Å². The van der Waals surface area contributed by atoms with E-state index in [-0.39, 0.29) is 5.69 Å². The summed E-state index contributed by atoms with van der Waals surface area (Å²) in [4.78, 5) is 35.9. The third kappa shape index (κ3) is 4.89. The van der Waals surface area contributed by atoms with Gasteiger partial charge in [0.25, 0.3) is 11.6 Å². The van der Waals surface area contributed by atoms with Crippen molar-refractivity contribution in [2.24, 2.45) is 11.7 Å². The summed E-state index contributed by atoms with van der Waals surface area (Å²) < 4.78 is 0. The Morgan fingerprint density at radius 1 is 1.41 bits per heavy atom. The summed E-state index contributed by atoms with van der Waals surface area (Å²) in [6.07, 6.45) is 7.80. The Bertz CT molecular complexity index is 980. The van der Waals surface area contributed by atoms with Crippen LogP contribution < -0.4 is 11.1 Å². The molecule has 8 heteroatoms. The van der Waals surface area contributed by atoms with Gasteiger partial charge in [-0.15, -0.1) is 11.3 Å². The van der Waals surface area contributed by atoms with Gasteiger partial charge in [0.1, 0.15) is 5.00 Å². The molecule has 3 rings (SSSR count). The lowest BCUT2D eigenvalue weighted by Crippen LogP contribution is -2.19. The van der Waals surface area contributed by atoms with Crippen molar-refractivity contribution in [1.82, 2.24) is 0 Å². The number of carbonyl (C=O) groups excluding carboxylic acids is 2. The van der Waals surface area contributed by atoms with Crippen LogP contribution in [0.4, 0.5) is 10.7 Å². The molecule has 3 N–H and O–H groups in total. The van der Waals surface area contributed by atoms with E-state index in [1.165, 1.54) is 35.6 Å². The molecular formula is C21H23N3O4S. The number of primary amides is 1. The number of anilines is 1. The average molecular weight is 413 g/mol. The smallest absolute Gasteiger partial charge is 0.270 e. The second-order valence-corrected chi connectivity index (χ2v) is 8.25. The van der Waals surface area contributed by atoms with Crippen molar-refractivity contribution in [3.63, 3.8) is 0 Å². The molecule has 0 radical (unpaired) electrons. The first-order valence-corrected chi connectivity index (χ1v) is 10.4. The number of hydrogen-bond acceptors (Lipinski definition) is 5. The Labute approximate surface area is 172 Å². The standard InChI is InChI=1S/C21H23N3O4S/c1-2-4-13-7-9-16-17(12-13)29-21(19(16)20(22)26)23-18(25)10-8-14-5-3-6-15(11-14)24(27)28/h3,5-6,8,10-11,13H,2,4,7,9,12H2,1H3,(H2,22,26)(H,23,25)/b10-8+. The zero-order chi connectivity index (χ0) is 21.0. The molecular weight excluding hydrogens is 390 g/mol. The lowest BCUT2D eigenvalue weighted by Gasteiger charge is -2.21. The van der Waals surface area contributed by atoms with E-state index in [2.05, 4.69) is 12.2 Å². The van der Waals surface area contributed by atoms with E-state index >= 15 is 0 Å². The molecule has 7 nitrogen and oxygen atoms in total. The Morgan fingerprint density at radius 3 is 2.90 bits per heavy atom. The molecule has 0 saturated heterocycles. The van der Waals surface area contributed by atoms with E-state index in [4.69, 9.17) is 5.73 Å². The number of nitro benzene ring substituents is 1. The molecule has 1 heterocycles. The van der Waals surface area contributed by atoms with Gasteiger partial charge in [-0.3, -0.25) is 19.7 Å². The first-order chi connectivity index (χ1) is 13.9. The van der Waals surface area contributed by atoms with Crippen LogP contribution in [-0.4, -0.2) is 16.7 Å². The number of fused-ring (bicyclic) bond motifs is 1. The minimum atomic E-state index is -0.533. The van der Waals surface area contributed by atoms with Crippen LogP contribution in [0.3, 0.4) is 0 Å². The minimum Gasteiger partial charge on any atom is -0.365 e. The van der Waals surface area contributed by atoms with Crippen LogP contribution in [0, 0.1) is 16.0 Å². The van der Waals surface area contributed by atoms with Crippen LogP contribution in [0.1, 0.15) is 52.5 Å². The average Bonchev–Trinajstić information content (AvgIpc) is 3.04. The number of non-ortho nitro benzene ring substituents is 1. The van der Waals surface area contributed by atoms with Gasteiger partial charge in [-0.05, 0) is 42.4 Å². The quantitative estimate of drug-likeness (QED) is 0.400. The monoisotopic (exact) mass is 413 g/mol. The molecule has 2 aromatic rings. The number of nitrogens with one attached hydrogen (secondary N) is 1. The Hall–Kier alpha value is -3.00. The largest absolute Gasteiger partial charge is 0.365 e. The summed E-state index contributed by atoms with van der Waals surface area (Å²) in [5.74, 6) is -0.346. The highest BCUT2D eigenvalue weighted by atomic mass is 32.1. The number of benzene rings is 1. The summed E-state index contributed by atoms with van der Waals surface area (Å²) in [7, 11) is 0. The number of carbonyl (C=O) groups is 2. The first-order valence-electron chi connectivity index (χ1n) is 9.56. The highest BCUT2D eigenvalue weighted by Crippen LogP contribution is 2.40. The van der Waals surface area contributed by atoms with Gasteiger partial charge < -0.3 is 11.1 Å². The van der Waals surface area contributed by atoms with Gasteiger partial charge in [0.15, 0.2) is 0 Å². The zero-order valence-electron chi connectivity index (χ0n) is 16.1. The van der Waals surface area contributed by atoms with Gasteiger partial charge in [-0.25, -0.2) is 0 Å². The Balaban J connectivity index is 1.77. The van der Waals surface area contributed by atoms with E-state index in [1.54, 1.807) is 12.1 Å². The summed E-state index contributed by atoms with van der Waals surface area (Å²) in [6.45, 7) is 2.16. The topological polar surface area (TPSA) is 115 Å². The van der Waals surface area contributed by atoms with Crippen molar-refractivity contribution in [2.45, 2.75) is 39.0 Å². The van der Waals surface area contributed by atoms with Gasteiger partial charge >= 0.3 is 0 Å². The molecule has 1 atom stereocenters. The lowest BCUT2D eigenvalue weighted by molar-refractivity contribution is -0.384. The number of hydrogen-bond donors (Lipinski definition) is 2. The van der Waals surface area contributed by atoms with E-state index in [0.717, 1.165) is 42.5 Å². The number of nitrogens with zero attached hydrogens (tertiary/aromatic N) is 1. The van der Waals surface area contributed by atoms with Gasteiger partial charge in [-0.2, -0.15) is 0 Å². The van der Waals surface area contributed by atoms with Crippen molar-refractivity contribution in [3.8, 4) is 0 Å². The van der Waals surface area contributed by atoms with Crippen LogP contribution in [-0.2, 0) is 17.6 Å². The summed E-state index contributed by atoms with van der Waals surface area (Å²) in [6, 6.07) is 6.00. The zero-order valence-corrected chi connectivity index (χ0v) is 17.0. The maximum Gasteiger partial charge on any atom is 0.270 e. The molecule has 0 saturated carbocycles. The highest BCUT2D eigenvalue weighted by Gasteiger charge is 2.28. The third-order valence-electron chi connectivity index (χ3n) is 5.06. The fourth-order valence-electron chi connectivity index (χ4n) is 3.73. The molecule has 2 amide bonds. The molecule has 29 heavy (non-hydrogen) atoms. The Morgan fingerprint density at radius 2 is 2.21 bits per heavy atom. The minimum absolute atomic E-state index is 0.0452. The fourth-order valence-corrected chi connectivity index (χ4v) is 5.10. The van der Waals surface area contributed by atoms with Crippen molar-refractivity contribution < 1.29 is 14.5 Å². The molecule has 1 aliphatic carbocycles. The molecule has 0 spiro atoms. The number of nitrogens with two attached hydrogens (primary N) is 1. The number of thiophene rings is 1. The van der Waals surface area contributed by atoms with Crippen LogP contribution in [0.15, 0.2) is 30.3 Å². The molecule has 152 valence electrons. The summed E-state index contributed by atoms with van der Waals surface area (Å²) in [5, 5.41) is 14.1. The predicted octanol–water partition coefficient (Wildman–Crippen LogP) is 4.31. The number of nitro groups is 1. The van der Waals surface area contributed by atoms with Gasteiger partial charge in [-0.1, -0.05) is 31.9 Å². The molecule has 1 aromatic heterocycles. The van der Waals surface area contributed by atoms with Gasteiger partial charge in [0.2, 0.25) is 5.91 Å². The number of rotatable bonds is 7. The number of amides is 2.